The summed E-state index contributed by atoms with van der Waals surface area (Å²) in [6.07, 6.45) is 2.91. The molecular formula is C18H14Br2N2O4S. The molecule has 6 nitrogen and oxygen atoms in total. The highest BCUT2D eigenvalue weighted by Gasteiger charge is 2.09. The summed E-state index contributed by atoms with van der Waals surface area (Å²) in [4.78, 5) is 23.1. The number of hydrogen-bond acceptors (Lipinski definition) is 4. The van der Waals surface area contributed by atoms with Gasteiger partial charge in [-0.05, 0) is 64.6 Å². The smallest absolute Gasteiger partial charge is 0.335 e. The zero-order chi connectivity index (χ0) is 20.0. The van der Waals surface area contributed by atoms with Gasteiger partial charge in [0.05, 0.1) is 17.1 Å². The molecular weight excluding hydrogens is 500 g/mol. The van der Waals surface area contributed by atoms with Crippen LogP contribution in [0.15, 0.2) is 51.4 Å². The molecule has 0 unspecified atom stereocenters. The highest BCUT2D eigenvalue weighted by molar-refractivity contribution is 9.11. The van der Waals surface area contributed by atoms with Gasteiger partial charge in [0.1, 0.15) is 5.75 Å². The van der Waals surface area contributed by atoms with E-state index in [1.807, 2.05) is 6.07 Å². The maximum Gasteiger partial charge on any atom is 0.335 e. The van der Waals surface area contributed by atoms with Gasteiger partial charge < -0.3 is 15.2 Å². The van der Waals surface area contributed by atoms with E-state index in [0.717, 1.165) is 8.95 Å². The molecule has 0 aliphatic carbocycles. The SMILES string of the molecule is COc1c(Br)cc(Br)cc1/C=C/C(=O)NC(=S)Nc1cccc(C(=O)O)c1. The molecule has 2 rings (SSSR count). The van der Waals surface area contributed by atoms with Crippen molar-refractivity contribution in [2.75, 3.05) is 12.4 Å². The van der Waals surface area contributed by atoms with Gasteiger partial charge in [-0.1, -0.05) is 22.0 Å². The van der Waals surface area contributed by atoms with Crippen LogP contribution in [0.5, 0.6) is 5.75 Å². The Morgan fingerprint density at radius 2 is 1.96 bits per heavy atom. The summed E-state index contributed by atoms with van der Waals surface area (Å²) in [7, 11) is 1.54. The molecule has 0 aliphatic rings. The minimum absolute atomic E-state index is 0.0505. The van der Waals surface area contributed by atoms with E-state index in [4.69, 9.17) is 22.1 Å². The van der Waals surface area contributed by atoms with Crippen molar-refractivity contribution in [3.8, 4) is 5.75 Å². The number of carbonyl (C=O) groups excluding carboxylic acids is 1. The van der Waals surface area contributed by atoms with Crippen molar-refractivity contribution in [3.63, 3.8) is 0 Å². The van der Waals surface area contributed by atoms with Crippen molar-refractivity contribution in [1.29, 1.82) is 0 Å². The average Bonchev–Trinajstić information content (AvgIpc) is 2.59. The van der Waals surface area contributed by atoms with E-state index in [1.54, 1.807) is 24.3 Å². The van der Waals surface area contributed by atoms with Crippen molar-refractivity contribution in [3.05, 3.63) is 62.5 Å². The van der Waals surface area contributed by atoms with Gasteiger partial charge in [0.15, 0.2) is 5.11 Å². The van der Waals surface area contributed by atoms with Gasteiger partial charge in [0.2, 0.25) is 5.91 Å². The maximum atomic E-state index is 12.1. The molecule has 0 spiro atoms. The molecule has 2 aromatic carbocycles. The molecule has 27 heavy (non-hydrogen) atoms. The van der Waals surface area contributed by atoms with E-state index >= 15 is 0 Å². The number of methoxy groups -OCH3 is 1. The van der Waals surface area contributed by atoms with Crippen LogP contribution in [-0.4, -0.2) is 29.2 Å². The van der Waals surface area contributed by atoms with Crippen molar-refractivity contribution in [2.24, 2.45) is 0 Å². The van der Waals surface area contributed by atoms with Crippen molar-refractivity contribution in [1.82, 2.24) is 5.32 Å². The molecule has 0 saturated heterocycles. The van der Waals surface area contributed by atoms with Crippen LogP contribution >= 0.6 is 44.1 Å². The van der Waals surface area contributed by atoms with E-state index in [2.05, 4.69) is 42.5 Å². The number of benzene rings is 2. The first-order valence-electron chi connectivity index (χ1n) is 7.46. The number of hydrogen-bond donors (Lipinski definition) is 3. The number of carbonyl (C=O) groups is 2. The zero-order valence-electron chi connectivity index (χ0n) is 14.0. The Labute approximate surface area is 177 Å². The van der Waals surface area contributed by atoms with Gasteiger partial charge in [-0.3, -0.25) is 10.1 Å². The van der Waals surface area contributed by atoms with E-state index < -0.39 is 11.9 Å². The Morgan fingerprint density at radius 3 is 2.63 bits per heavy atom. The summed E-state index contributed by atoms with van der Waals surface area (Å²) < 4.78 is 6.89. The fourth-order valence-corrected chi connectivity index (χ4v) is 3.77. The van der Waals surface area contributed by atoms with Crippen LogP contribution in [0.2, 0.25) is 0 Å². The third-order valence-electron chi connectivity index (χ3n) is 3.26. The fourth-order valence-electron chi connectivity index (χ4n) is 2.13. The highest BCUT2D eigenvalue weighted by atomic mass is 79.9. The van der Waals surface area contributed by atoms with Crippen LogP contribution in [0.1, 0.15) is 15.9 Å². The monoisotopic (exact) mass is 512 g/mol. The van der Waals surface area contributed by atoms with Crippen LogP contribution < -0.4 is 15.4 Å². The van der Waals surface area contributed by atoms with Crippen molar-refractivity contribution in [2.45, 2.75) is 0 Å². The second kappa shape index (κ2) is 9.63. The number of rotatable bonds is 5. The molecule has 140 valence electrons. The quantitative estimate of drug-likeness (QED) is 0.404. The van der Waals surface area contributed by atoms with E-state index in [1.165, 1.54) is 25.3 Å². The number of carboxylic acid groups (broad SMARTS) is 1. The Hall–Kier alpha value is -2.23. The van der Waals surface area contributed by atoms with Crippen LogP contribution in [0.25, 0.3) is 6.08 Å². The summed E-state index contributed by atoms with van der Waals surface area (Å²) in [5.41, 5.74) is 1.27. The topological polar surface area (TPSA) is 87.7 Å². The molecule has 9 heteroatoms. The standard InChI is InChI=1S/C18H14Br2N2O4S/c1-26-16-10(7-12(19)9-14(16)20)5-6-15(23)22-18(27)21-13-4-2-3-11(8-13)17(24)25/h2-9H,1H3,(H,24,25)(H2,21,22,23,27)/b6-5+. The summed E-state index contributed by atoms with van der Waals surface area (Å²) in [5, 5.41) is 14.3. The van der Waals surface area contributed by atoms with Gasteiger partial charge in [0.25, 0.3) is 0 Å². The fraction of sp³-hybridized carbons (Fsp3) is 0.0556. The van der Waals surface area contributed by atoms with Crippen molar-refractivity contribution >= 4 is 72.8 Å². The predicted molar refractivity (Wildman–Crippen MR) is 115 cm³/mol. The van der Waals surface area contributed by atoms with Crippen LogP contribution in [0.4, 0.5) is 5.69 Å². The first kappa shape index (κ1) is 21.1. The molecule has 0 fully saturated rings. The summed E-state index contributed by atoms with van der Waals surface area (Å²) in [5.74, 6) is -0.904. The van der Waals surface area contributed by atoms with Gasteiger partial charge in [-0.25, -0.2) is 4.79 Å². The number of ether oxygens (including phenoxy) is 1. The Kier molecular flexibility index (Phi) is 7.52. The summed E-state index contributed by atoms with van der Waals surface area (Å²) >= 11 is 11.9. The third kappa shape index (κ3) is 6.16. The second-order valence-corrected chi connectivity index (χ2v) is 7.35. The number of thiocarbonyl (C=S) groups is 1. The van der Waals surface area contributed by atoms with Gasteiger partial charge >= 0.3 is 5.97 Å². The van der Waals surface area contributed by atoms with Gasteiger partial charge in [0, 0.05) is 21.8 Å². The normalized spacial score (nSPS) is 10.5. The molecule has 0 aliphatic heterocycles. The number of carboxylic acids is 1. The molecule has 2 aromatic rings. The zero-order valence-corrected chi connectivity index (χ0v) is 17.9. The molecule has 0 heterocycles. The average molecular weight is 514 g/mol. The minimum Gasteiger partial charge on any atom is -0.495 e. The Morgan fingerprint density at radius 1 is 1.22 bits per heavy atom. The lowest BCUT2D eigenvalue weighted by atomic mass is 10.2. The van der Waals surface area contributed by atoms with Crippen LogP contribution in [0, 0.1) is 0 Å². The molecule has 0 atom stereocenters. The lowest BCUT2D eigenvalue weighted by Gasteiger charge is -2.09. The maximum absolute atomic E-state index is 12.1. The van der Waals surface area contributed by atoms with Crippen molar-refractivity contribution < 1.29 is 19.4 Å². The Bertz CT molecular complexity index is 932. The predicted octanol–water partition coefficient (Wildman–Crippen LogP) is 4.44. The molecule has 0 bridgehead atoms. The lowest BCUT2D eigenvalue weighted by molar-refractivity contribution is -0.115. The molecule has 0 radical (unpaired) electrons. The number of halogens is 2. The number of nitrogens with one attached hydrogen (secondary N) is 2. The molecule has 0 saturated carbocycles. The van der Waals surface area contributed by atoms with E-state index in [-0.39, 0.29) is 10.7 Å². The first-order chi connectivity index (χ1) is 12.8. The van der Waals surface area contributed by atoms with E-state index in [0.29, 0.717) is 17.0 Å². The molecule has 3 N–H and O–H groups in total. The number of amides is 1. The third-order valence-corrected chi connectivity index (χ3v) is 4.51. The van der Waals surface area contributed by atoms with Crippen LogP contribution in [-0.2, 0) is 4.79 Å². The minimum atomic E-state index is -1.05. The van der Waals surface area contributed by atoms with Gasteiger partial charge in [-0.15, -0.1) is 0 Å². The molecule has 1 amide bonds. The van der Waals surface area contributed by atoms with E-state index in [9.17, 15) is 9.59 Å². The second-order valence-electron chi connectivity index (χ2n) is 5.17. The largest absolute Gasteiger partial charge is 0.495 e. The number of aromatic carboxylic acids is 1. The number of anilines is 1. The lowest BCUT2D eigenvalue weighted by Crippen LogP contribution is -2.32. The molecule has 0 aromatic heterocycles. The Balaban J connectivity index is 2.03. The summed E-state index contributed by atoms with van der Waals surface area (Å²) in [6, 6.07) is 9.74. The van der Waals surface area contributed by atoms with Gasteiger partial charge in [-0.2, -0.15) is 0 Å². The highest BCUT2D eigenvalue weighted by Crippen LogP contribution is 2.33. The van der Waals surface area contributed by atoms with Crippen LogP contribution in [0.3, 0.4) is 0 Å². The summed E-state index contributed by atoms with van der Waals surface area (Å²) in [6.45, 7) is 0. The first-order valence-corrected chi connectivity index (χ1v) is 9.46.